The summed E-state index contributed by atoms with van der Waals surface area (Å²) < 4.78 is 0. The van der Waals surface area contributed by atoms with Crippen molar-refractivity contribution in [2.75, 3.05) is 20.6 Å². The minimum atomic E-state index is -2.66. The number of hydrogen-bond acceptors (Lipinski definition) is 9. The minimum absolute atomic E-state index is 0.00686. The number of phenols is 1. The summed E-state index contributed by atoms with van der Waals surface area (Å²) in [6.45, 7) is 9.29. The topological polar surface area (TPSA) is 170 Å². The number of phenolic OH excluding ortho intramolecular Hbond substituents is 1. The first kappa shape index (κ1) is 30.3. The summed E-state index contributed by atoms with van der Waals surface area (Å²) in [7, 11) is 3.26. The number of nitrogens with two attached hydrogens (primary N) is 1. The fourth-order valence-corrected chi connectivity index (χ4v) is 7.23. The highest BCUT2D eigenvalue weighted by molar-refractivity contribution is 6.25. The van der Waals surface area contributed by atoms with Crippen LogP contribution in [0.5, 0.6) is 5.75 Å². The molecule has 0 bridgehead atoms. The van der Waals surface area contributed by atoms with Crippen LogP contribution in [0, 0.1) is 29.1 Å². The number of primary amides is 1. The van der Waals surface area contributed by atoms with Crippen LogP contribution in [0.1, 0.15) is 67.6 Å². The third-order valence-electron chi connectivity index (χ3n) is 8.95. The van der Waals surface area contributed by atoms with Crippen LogP contribution < -0.4 is 11.1 Å². The average molecular weight is 558 g/mol. The van der Waals surface area contributed by atoms with Gasteiger partial charge in [0, 0.05) is 30.6 Å². The van der Waals surface area contributed by atoms with Gasteiger partial charge >= 0.3 is 0 Å². The number of fused-ring (bicyclic) bond motifs is 3. The Kier molecular flexibility index (Phi) is 8.05. The van der Waals surface area contributed by atoms with Crippen LogP contribution in [-0.4, -0.2) is 81.9 Å². The molecule has 2 saturated carbocycles. The number of carbonyl (C=O) groups excluding carboxylic acids is 4. The summed E-state index contributed by atoms with van der Waals surface area (Å²) in [6.07, 6.45) is 0.402. The van der Waals surface area contributed by atoms with Gasteiger partial charge in [0.15, 0.2) is 23.0 Å². The Bertz CT molecular complexity index is 1240. The van der Waals surface area contributed by atoms with E-state index < -0.39 is 64.7 Å². The molecular weight excluding hydrogens is 514 g/mol. The lowest BCUT2D eigenvalue weighted by Crippen LogP contribution is -2.75. The van der Waals surface area contributed by atoms with Gasteiger partial charge in [-0.05, 0) is 55.8 Å². The summed E-state index contributed by atoms with van der Waals surface area (Å²) in [5.74, 6) is -8.80. The second-order valence-electron chi connectivity index (χ2n) is 13.3. The smallest absolute Gasteiger partial charge is 0.230 e. The standard InChI is InChI=1S/C30H43N3O7/c1-7-8-14-9-16(12-32-13-29(2,3)4)23(34)20-17(14)10-15-11-18-22(33(5)6)25(36)21(28(31)39)27(38)30(18,40)26(37)19(15)24(20)35/h9,15,18-19,21-22,25,32,34,36,40H,7-8,10-13H2,1-6H3,(H2,31,39)/t15-,18-,19?,21?,22-,25?,30-/m1/s1. The number of hydrogen-bond donors (Lipinski definition) is 5. The van der Waals surface area contributed by atoms with E-state index in [9.17, 15) is 34.5 Å². The predicted octanol–water partition coefficient (Wildman–Crippen LogP) is 0.747. The maximum absolute atomic E-state index is 14.1. The third-order valence-corrected chi connectivity index (χ3v) is 8.95. The third kappa shape index (κ3) is 4.78. The number of likely N-dealkylation sites (N-methyl/N-ethyl adjacent to an activating group) is 1. The monoisotopic (exact) mass is 557 g/mol. The second kappa shape index (κ2) is 10.6. The van der Waals surface area contributed by atoms with Crippen molar-refractivity contribution in [1.29, 1.82) is 0 Å². The lowest BCUT2D eigenvalue weighted by atomic mass is 9.52. The van der Waals surface area contributed by atoms with Gasteiger partial charge in [0.2, 0.25) is 5.91 Å². The van der Waals surface area contributed by atoms with Crippen molar-refractivity contribution in [3.05, 3.63) is 28.3 Å². The van der Waals surface area contributed by atoms with Gasteiger partial charge in [-0.25, -0.2) is 0 Å². The van der Waals surface area contributed by atoms with Crippen molar-refractivity contribution >= 4 is 23.3 Å². The summed E-state index contributed by atoms with van der Waals surface area (Å²) in [6, 6.07) is 1.01. The summed E-state index contributed by atoms with van der Waals surface area (Å²) in [5, 5.41) is 37.4. The van der Waals surface area contributed by atoms with Crippen LogP contribution in [-0.2, 0) is 33.8 Å². The van der Waals surface area contributed by atoms with E-state index in [2.05, 4.69) is 26.1 Å². The number of rotatable bonds is 7. The van der Waals surface area contributed by atoms with E-state index in [0.29, 0.717) is 37.1 Å². The molecule has 3 aliphatic rings. The molecule has 1 aromatic carbocycles. The number of aliphatic hydroxyl groups is 2. The molecule has 220 valence electrons. The Balaban J connectivity index is 1.81. The summed E-state index contributed by atoms with van der Waals surface area (Å²) in [5.41, 5.74) is 5.05. The number of aliphatic hydroxyl groups excluding tert-OH is 1. The summed E-state index contributed by atoms with van der Waals surface area (Å²) >= 11 is 0. The van der Waals surface area contributed by atoms with Gasteiger partial charge < -0.3 is 31.3 Å². The molecule has 0 aliphatic heterocycles. The Labute approximate surface area is 235 Å². The highest BCUT2D eigenvalue weighted by atomic mass is 16.3. The zero-order valence-electron chi connectivity index (χ0n) is 24.3. The Hall–Kier alpha value is -2.66. The summed E-state index contributed by atoms with van der Waals surface area (Å²) in [4.78, 5) is 55.4. The van der Waals surface area contributed by atoms with Crippen LogP contribution in [0.3, 0.4) is 0 Å². The number of carbonyl (C=O) groups is 4. The maximum Gasteiger partial charge on any atom is 0.230 e. The lowest BCUT2D eigenvalue weighted by Gasteiger charge is -2.55. The molecule has 3 unspecified atom stereocenters. The number of benzene rings is 1. The molecular formula is C30H43N3O7. The number of aryl methyl sites for hydroxylation is 1. The van der Waals surface area contributed by atoms with Crippen molar-refractivity contribution in [3.8, 4) is 5.75 Å². The molecule has 40 heavy (non-hydrogen) atoms. The first-order valence-electron chi connectivity index (χ1n) is 14.1. The van der Waals surface area contributed by atoms with Crippen molar-refractivity contribution in [2.24, 2.45) is 34.8 Å². The molecule has 10 nitrogen and oxygen atoms in total. The van der Waals surface area contributed by atoms with Gasteiger partial charge in [-0.2, -0.15) is 0 Å². The van der Waals surface area contributed by atoms with Gasteiger partial charge in [0.05, 0.1) is 17.6 Å². The highest BCUT2D eigenvalue weighted by Crippen LogP contribution is 2.52. The normalized spacial score (nSPS) is 32.1. The van der Waals surface area contributed by atoms with Crippen LogP contribution in [0.2, 0.25) is 0 Å². The lowest BCUT2D eigenvalue weighted by molar-refractivity contribution is -0.190. The van der Waals surface area contributed by atoms with Crippen molar-refractivity contribution in [2.45, 2.75) is 77.7 Å². The first-order chi connectivity index (χ1) is 18.6. The van der Waals surface area contributed by atoms with Gasteiger partial charge in [-0.15, -0.1) is 0 Å². The minimum Gasteiger partial charge on any atom is -0.507 e. The van der Waals surface area contributed by atoms with Crippen LogP contribution in [0.15, 0.2) is 6.07 Å². The molecule has 1 amide bonds. The largest absolute Gasteiger partial charge is 0.507 e. The number of aromatic hydroxyl groups is 1. The van der Waals surface area contributed by atoms with Gasteiger partial charge in [-0.3, -0.25) is 19.2 Å². The molecule has 3 aliphatic carbocycles. The Morgan fingerprint density at radius 1 is 1.18 bits per heavy atom. The quantitative estimate of drug-likeness (QED) is 0.304. The van der Waals surface area contributed by atoms with E-state index in [4.69, 9.17) is 5.73 Å². The molecule has 2 fully saturated rings. The molecule has 6 N–H and O–H groups in total. The molecule has 0 spiro atoms. The fraction of sp³-hybridized carbons (Fsp3) is 0.667. The highest BCUT2D eigenvalue weighted by Gasteiger charge is 2.69. The molecule has 4 rings (SSSR count). The molecule has 0 radical (unpaired) electrons. The Morgan fingerprint density at radius 2 is 1.82 bits per heavy atom. The first-order valence-corrected chi connectivity index (χ1v) is 14.1. The van der Waals surface area contributed by atoms with E-state index in [1.165, 1.54) is 0 Å². The molecule has 0 saturated heterocycles. The molecule has 1 aromatic rings. The fourth-order valence-electron chi connectivity index (χ4n) is 7.23. The van der Waals surface area contributed by atoms with E-state index in [1.807, 2.05) is 13.0 Å². The van der Waals surface area contributed by atoms with Crippen molar-refractivity contribution < 1.29 is 34.5 Å². The number of Topliss-reactive ketones (excluding diaryl/α,β-unsaturated/α-hetero) is 3. The van der Waals surface area contributed by atoms with E-state index in [1.54, 1.807) is 19.0 Å². The zero-order chi connectivity index (χ0) is 29.9. The number of ketones is 3. The van der Waals surface area contributed by atoms with E-state index >= 15 is 0 Å². The van der Waals surface area contributed by atoms with Gasteiger partial charge in [0.1, 0.15) is 11.7 Å². The second-order valence-corrected chi connectivity index (χ2v) is 13.3. The molecule has 10 heteroatoms. The SMILES string of the molecule is CCCc1cc(CNCC(C)(C)C)c(O)c2c1C[C@@H]1C[C@@H]3[C@@H](N(C)C)C(O)C(C(N)=O)C(=O)[C@]3(O)C(=O)C1C2=O. The van der Waals surface area contributed by atoms with Gasteiger partial charge in [-0.1, -0.05) is 40.2 Å². The van der Waals surface area contributed by atoms with E-state index in [-0.39, 0.29) is 23.1 Å². The number of nitrogens with one attached hydrogen (secondary N) is 1. The number of nitrogens with zero attached hydrogens (tertiary/aromatic N) is 1. The predicted molar refractivity (Wildman–Crippen MR) is 148 cm³/mol. The molecule has 0 heterocycles. The van der Waals surface area contributed by atoms with Crippen molar-refractivity contribution in [1.82, 2.24) is 10.2 Å². The molecule has 7 atom stereocenters. The van der Waals surface area contributed by atoms with Crippen molar-refractivity contribution in [3.63, 3.8) is 0 Å². The maximum atomic E-state index is 14.1. The van der Waals surface area contributed by atoms with Crippen LogP contribution >= 0.6 is 0 Å². The van der Waals surface area contributed by atoms with E-state index in [0.717, 1.165) is 12.0 Å². The number of amides is 1. The van der Waals surface area contributed by atoms with Crippen LogP contribution in [0.4, 0.5) is 0 Å². The average Bonchev–Trinajstić information content (AvgIpc) is 2.83. The van der Waals surface area contributed by atoms with Gasteiger partial charge in [0.25, 0.3) is 0 Å². The Morgan fingerprint density at radius 3 is 2.38 bits per heavy atom. The zero-order valence-corrected chi connectivity index (χ0v) is 24.3. The molecule has 0 aromatic heterocycles. The van der Waals surface area contributed by atoms with Crippen LogP contribution in [0.25, 0.3) is 0 Å².